The number of piperidine rings is 1. The number of hydrogen-bond acceptors (Lipinski definition) is 3. The molecule has 0 saturated carbocycles. The van der Waals surface area contributed by atoms with Gasteiger partial charge in [0.25, 0.3) is 0 Å². The minimum absolute atomic E-state index is 0.108. The van der Waals surface area contributed by atoms with Crippen molar-refractivity contribution in [1.82, 2.24) is 10.2 Å². The van der Waals surface area contributed by atoms with Gasteiger partial charge in [-0.2, -0.15) is 0 Å². The van der Waals surface area contributed by atoms with Crippen LogP contribution in [-0.4, -0.2) is 50.2 Å². The van der Waals surface area contributed by atoms with E-state index in [1.165, 1.54) is 19.3 Å². The third kappa shape index (κ3) is 4.49. The van der Waals surface area contributed by atoms with E-state index < -0.39 is 0 Å². The van der Waals surface area contributed by atoms with Gasteiger partial charge in [0.05, 0.1) is 0 Å². The molecule has 1 fully saturated rings. The number of methoxy groups -OCH3 is 1. The summed E-state index contributed by atoms with van der Waals surface area (Å²) in [6, 6.07) is 0.473. The Bertz CT molecular complexity index is 203. The van der Waals surface area contributed by atoms with Gasteiger partial charge < -0.3 is 15.0 Å². The maximum atomic E-state index is 11.8. The molecule has 0 aliphatic carbocycles. The lowest BCUT2D eigenvalue weighted by atomic mass is 10.0. The first-order valence-electron chi connectivity index (χ1n) is 6.28. The summed E-state index contributed by atoms with van der Waals surface area (Å²) in [6.45, 7) is 5.05. The number of nitrogens with one attached hydrogen (secondary N) is 1. The highest BCUT2D eigenvalue weighted by Gasteiger charge is 2.19. The molecule has 0 bridgehead atoms. The van der Waals surface area contributed by atoms with Crippen molar-refractivity contribution >= 4 is 5.91 Å². The van der Waals surface area contributed by atoms with E-state index in [-0.39, 0.29) is 12.5 Å². The minimum atomic E-state index is 0.108. The van der Waals surface area contributed by atoms with Crippen LogP contribution in [0.15, 0.2) is 0 Å². The minimum Gasteiger partial charge on any atom is -0.375 e. The summed E-state index contributed by atoms with van der Waals surface area (Å²) in [5.41, 5.74) is 0. The zero-order valence-corrected chi connectivity index (χ0v) is 10.5. The highest BCUT2D eigenvalue weighted by Crippen LogP contribution is 2.09. The Kier molecular flexibility index (Phi) is 6.42. The molecule has 1 aliphatic rings. The first kappa shape index (κ1) is 13.5. The van der Waals surface area contributed by atoms with E-state index >= 15 is 0 Å². The molecule has 94 valence electrons. The van der Waals surface area contributed by atoms with Gasteiger partial charge in [0.1, 0.15) is 6.61 Å². The van der Waals surface area contributed by atoms with Gasteiger partial charge in [-0.15, -0.1) is 0 Å². The smallest absolute Gasteiger partial charge is 0.248 e. The fourth-order valence-electron chi connectivity index (χ4n) is 2.15. The highest BCUT2D eigenvalue weighted by atomic mass is 16.5. The molecule has 1 saturated heterocycles. The summed E-state index contributed by atoms with van der Waals surface area (Å²) < 4.78 is 4.91. The zero-order valence-electron chi connectivity index (χ0n) is 10.5. The predicted molar refractivity (Wildman–Crippen MR) is 64.4 cm³/mol. The summed E-state index contributed by atoms with van der Waals surface area (Å²) in [5, 5.41) is 3.47. The monoisotopic (exact) mass is 228 g/mol. The molecule has 0 radical (unpaired) electrons. The Labute approximate surface area is 98.3 Å². The van der Waals surface area contributed by atoms with Gasteiger partial charge in [0.2, 0.25) is 5.91 Å². The number of rotatable bonds is 6. The maximum Gasteiger partial charge on any atom is 0.248 e. The third-order valence-corrected chi connectivity index (χ3v) is 2.97. The van der Waals surface area contributed by atoms with Gasteiger partial charge in [0, 0.05) is 26.2 Å². The lowest BCUT2D eigenvalue weighted by Crippen LogP contribution is -2.46. The largest absolute Gasteiger partial charge is 0.375 e. The van der Waals surface area contributed by atoms with Crippen molar-refractivity contribution in [3.8, 4) is 0 Å². The van der Waals surface area contributed by atoms with Gasteiger partial charge in [0.15, 0.2) is 0 Å². The van der Waals surface area contributed by atoms with Crippen LogP contribution in [0.5, 0.6) is 0 Å². The van der Waals surface area contributed by atoms with Crippen molar-refractivity contribution in [3.05, 3.63) is 0 Å². The Balaban J connectivity index is 2.39. The van der Waals surface area contributed by atoms with Crippen molar-refractivity contribution in [3.63, 3.8) is 0 Å². The van der Waals surface area contributed by atoms with Gasteiger partial charge in [-0.25, -0.2) is 0 Å². The number of amides is 1. The van der Waals surface area contributed by atoms with Crippen LogP contribution in [0.3, 0.4) is 0 Å². The summed E-state index contributed by atoms with van der Waals surface area (Å²) in [7, 11) is 1.57. The molecule has 0 aromatic heterocycles. The number of hydrogen-bond donors (Lipinski definition) is 1. The van der Waals surface area contributed by atoms with Crippen LogP contribution >= 0.6 is 0 Å². The Morgan fingerprint density at radius 2 is 2.31 bits per heavy atom. The molecule has 0 aromatic carbocycles. The van der Waals surface area contributed by atoms with Crippen LogP contribution in [0.4, 0.5) is 0 Å². The Morgan fingerprint density at radius 1 is 1.50 bits per heavy atom. The molecule has 4 heteroatoms. The van der Waals surface area contributed by atoms with E-state index in [4.69, 9.17) is 4.74 Å². The number of carbonyl (C=O) groups is 1. The van der Waals surface area contributed by atoms with Crippen molar-refractivity contribution in [2.24, 2.45) is 0 Å². The number of carbonyl (C=O) groups excluding carboxylic acids is 1. The molecule has 1 atom stereocenters. The highest BCUT2D eigenvalue weighted by molar-refractivity contribution is 5.77. The van der Waals surface area contributed by atoms with Gasteiger partial charge in [-0.1, -0.05) is 13.3 Å². The van der Waals surface area contributed by atoms with E-state index in [0.29, 0.717) is 6.04 Å². The van der Waals surface area contributed by atoms with E-state index in [1.807, 2.05) is 4.90 Å². The van der Waals surface area contributed by atoms with Crippen LogP contribution in [0.25, 0.3) is 0 Å². The summed E-state index contributed by atoms with van der Waals surface area (Å²) in [4.78, 5) is 13.7. The van der Waals surface area contributed by atoms with E-state index in [1.54, 1.807) is 7.11 Å². The molecule has 4 nitrogen and oxygen atoms in total. The SMILES string of the molecule is CCCN(CC1CCCCN1)C(=O)COC. The molecule has 1 unspecified atom stereocenters. The zero-order chi connectivity index (χ0) is 11.8. The van der Waals surface area contributed by atoms with Gasteiger partial charge >= 0.3 is 0 Å². The fourth-order valence-corrected chi connectivity index (χ4v) is 2.15. The summed E-state index contributed by atoms with van der Waals surface area (Å²) in [6.07, 6.45) is 4.72. The molecule has 1 amide bonds. The average Bonchev–Trinajstić information content (AvgIpc) is 2.30. The normalized spacial score (nSPS) is 20.8. The molecule has 1 rings (SSSR count). The standard InChI is InChI=1S/C12H24N2O2/c1-3-8-14(12(15)10-16-2)9-11-6-4-5-7-13-11/h11,13H,3-10H2,1-2H3. The fraction of sp³-hybridized carbons (Fsp3) is 0.917. The van der Waals surface area contributed by atoms with E-state index in [9.17, 15) is 4.79 Å². The molecule has 1 heterocycles. The van der Waals surface area contributed by atoms with Crippen molar-refractivity contribution in [2.45, 2.75) is 38.6 Å². The van der Waals surface area contributed by atoms with Gasteiger partial charge in [-0.05, 0) is 25.8 Å². The molecule has 0 spiro atoms. The Morgan fingerprint density at radius 3 is 2.88 bits per heavy atom. The van der Waals surface area contributed by atoms with Crippen LogP contribution in [0.1, 0.15) is 32.6 Å². The van der Waals surface area contributed by atoms with Crippen molar-refractivity contribution in [1.29, 1.82) is 0 Å². The lowest BCUT2D eigenvalue weighted by molar-refractivity contribution is -0.135. The lowest BCUT2D eigenvalue weighted by Gasteiger charge is -2.30. The Hall–Kier alpha value is -0.610. The van der Waals surface area contributed by atoms with Crippen LogP contribution in [0, 0.1) is 0 Å². The van der Waals surface area contributed by atoms with Crippen LogP contribution < -0.4 is 5.32 Å². The number of nitrogens with zero attached hydrogens (tertiary/aromatic N) is 1. The molecule has 1 aliphatic heterocycles. The third-order valence-electron chi connectivity index (χ3n) is 2.97. The molecular formula is C12H24N2O2. The second-order valence-corrected chi connectivity index (χ2v) is 4.42. The van der Waals surface area contributed by atoms with E-state index in [2.05, 4.69) is 12.2 Å². The molecule has 0 aromatic rings. The summed E-state index contributed by atoms with van der Waals surface area (Å²) in [5.74, 6) is 0.108. The molecule has 1 N–H and O–H groups in total. The predicted octanol–water partition coefficient (Wildman–Crippen LogP) is 1.01. The van der Waals surface area contributed by atoms with Crippen molar-refractivity contribution < 1.29 is 9.53 Å². The first-order chi connectivity index (χ1) is 7.77. The van der Waals surface area contributed by atoms with Crippen molar-refractivity contribution in [2.75, 3.05) is 33.4 Å². The van der Waals surface area contributed by atoms with Gasteiger partial charge in [-0.3, -0.25) is 4.79 Å². The second kappa shape index (κ2) is 7.63. The maximum absolute atomic E-state index is 11.8. The molecular weight excluding hydrogens is 204 g/mol. The second-order valence-electron chi connectivity index (χ2n) is 4.42. The first-order valence-corrected chi connectivity index (χ1v) is 6.28. The summed E-state index contributed by atoms with van der Waals surface area (Å²) >= 11 is 0. The topological polar surface area (TPSA) is 41.6 Å². The van der Waals surface area contributed by atoms with Crippen LogP contribution in [-0.2, 0) is 9.53 Å². The quantitative estimate of drug-likeness (QED) is 0.738. The molecule has 16 heavy (non-hydrogen) atoms. The van der Waals surface area contributed by atoms with Crippen LogP contribution in [0.2, 0.25) is 0 Å². The van der Waals surface area contributed by atoms with E-state index in [0.717, 1.165) is 26.1 Å². The average molecular weight is 228 g/mol. The number of ether oxygens (including phenoxy) is 1.